The van der Waals surface area contributed by atoms with Gasteiger partial charge in [0, 0.05) is 0 Å². The number of halogens is 5. The minimum absolute atomic E-state index is 0.386. The van der Waals surface area contributed by atoms with Gasteiger partial charge in [-0.25, -0.2) is 9.59 Å². The fraction of sp³-hybridized carbons (Fsp3) is 0.818. The van der Waals surface area contributed by atoms with Gasteiger partial charge in [0.2, 0.25) is 0 Å². The second-order valence-electron chi connectivity index (χ2n) is 5.88. The van der Waals surface area contributed by atoms with Gasteiger partial charge in [-0.3, -0.25) is 0 Å². The number of hydrogen-bond donors (Lipinski definition) is 0. The first-order chi connectivity index (χ1) is 9.02. The maximum atomic E-state index is 12.6. The maximum absolute atomic E-state index is 12.6. The van der Waals surface area contributed by atoms with Crippen molar-refractivity contribution in [2.45, 2.75) is 51.0 Å². The zero-order valence-corrected chi connectivity index (χ0v) is 13.2. The van der Waals surface area contributed by atoms with Crippen LogP contribution in [0.3, 0.4) is 0 Å². The van der Waals surface area contributed by atoms with Crippen LogP contribution >= 0.6 is 0 Å². The molecule has 0 saturated heterocycles. The van der Waals surface area contributed by atoms with Gasteiger partial charge in [-0.15, -0.1) is 0 Å². The van der Waals surface area contributed by atoms with E-state index in [-0.39, 0.29) is 5.04 Å². The van der Waals surface area contributed by atoms with Crippen LogP contribution in [-0.4, -0.2) is 39.0 Å². The molecule has 0 aliphatic carbocycles. The fourth-order valence-corrected chi connectivity index (χ4v) is 1.73. The monoisotopic (exact) mass is 336 g/mol. The second kappa shape index (κ2) is 5.89. The van der Waals surface area contributed by atoms with Crippen LogP contribution in [-0.2, 0) is 18.8 Å². The summed E-state index contributed by atoms with van der Waals surface area (Å²) in [5, 5.41) is -0.386. The predicted molar refractivity (Wildman–Crippen MR) is 65.3 cm³/mol. The minimum Gasteiger partial charge on any atom is -0.517 e. The third-order valence-corrected chi connectivity index (χ3v) is 7.46. The Bertz CT molecular complexity index is 412. The molecular weight excluding hydrogens is 319 g/mol. The van der Waals surface area contributed by atoms with E-state index in [0.717, 1.165) is 0 Å². The van der Waals surface area contributed by atoms with Gasteiger partial charge in [-0.2, -0.15) is 22.0 Å². The Morgan fingerprint density at radius 3 is 1.76 bits per heavy atom. The highest BCUT2D eigenvalue weighted by atomic mass is 28.4. The number of carbonyl (C=O) groups is 2. The Balaban J connectivity index is 4.63. The summed E-state index contributed by atoms with van der Waals surface area (Å²) in [6.45, 7) is 7.40. The lowest BCUT2D eigenvalue weighted by atomic mass is 10.2. The second-order valence-corrected chi connectivity index (χ2v) is 10.6. The van der Waals surface area contributed by atoms with Crippen molar-refractivity contribution in [3.8, 4) is 0 Å². The van der Waals surface area contributed by atoms with Crippen LogP contribution in [0.15, 0.2) is 0 Å². The first-order valence-electron chi connectivity index (χ1n) is 5.86. The smallest absolute Gasteiger partial charge is 0.465 e. The predicted octanol–water partition coefficient (Wildman–Crippen LogP) is 3.28. The van der Waals surface area contributed by atoms with Gasteiger partial charge in [0.25, 0.3) is 8.32 Å². The highest BCUT2D eigenvalue weighted by Crippen LogP contribution is 2.37. The molecule has 0 amide bonds. The molecule has 0 spiro atoms. The number of alkyl halides is 5. The largest absolute Gasteiger partial charge is 0.517 e. The summed E-state index contributed by atoms with van der Waals surface area (Å²) in [6.07, 6.45) is -6.08. The highest BCUT2D eigenvalue weighted by molar-refractivity contribution is 6.75. The molecule has 0 radical (unpaired) electrons. The van der Waals surface area contributed by atoms with E-state index in [1.807, 2.05) is 0 Å². The molecule has 0 N–H and O–H groups in total. The molecule has 0 unspecified atom stereocenters. The van der Waals surface area contributed by atoms with Crippen molar-refractivity contribution in [3.63, 3.8) is 0 Å². The summed E-state index contributed by atoms with van der Waals surface area (Å²) in [6, 6.07) is 0. The van der Waals surface area contributed by atoms with Crippen LogP contribution in [0.25, 0.3) is 0 Å². The SMILES string of the molecule is CC(C)(C)[Si](C)(C)OC(=O)COC(=O)C(F)(F)C(F)(F)F. The van der Waals surface area contributed by atoms with Crippen LogP contribution in [0.1, 0.15) is 20.8 Å². The summed E-state index contributed by atoms with van der Waals surface area (Å²) < 4.78 is 69.5. The molecule has 0 heterocycles. The van der Waals surface area contributed by atoms with E-state index in [9.17, 15) is 31.5 Å². The van der Waals surface area contributed by atoms with Crippen molar-refractivity contribution in [2.75, 3.05) is 6.61 Å². The first-order valence-corrected chi connectivity index (χ1v) is 8.77. The van der Waals surface area contributed by atoms with Gasteiger partial charge in [0.05, 0.1) is 0 Å². The van der Waals surface area contributed by atoms with Crippen LogP contribution < -0.4 is 0 Å². The third-order valence-electron chi connectivity index (χ3n) is 3.11. The number of hydrogen-bond acceptors (Lipinski definition) is 4. The molecule has 0 saturated carbocycles. The van der Waals surface area contributed by atoms with E-state index in [2.05, 4.69) is 4.74 Å². The summed E-state index contributed by atoms with van der Waals surface area (Å²) in [5.74, 6) is -9.65. The summed E-state index contributed by atoms with van der Waals surface area (Å²) in [4.78, 5) is 22.1. The lowest BCUT2D eigenvalue weighted by Gasteiger charge is -2.35. The van der Waals surface area contributed by atoms with E-state index >= 15 is 0 Å². The van der Waals surface area contributed by atoms with Gasteiger partial charge in [-0.1, -0.05) is 20.8 Å². The van der Waals surface area contributed by atoms with E-state index < -0.39 is 39.0 Å². The minimum atomic E-state index is -6.08. The molecule has 21 heavy (non-hydrogen) atoms. The van der Waals surface area contributed by atoms with Crippen LogP contribution in [0.4, 0.5) is 22.0 Å². The lowest BCUT2D eigenvalue weighted by molar-refractivity contribution is -0.280. The average Bonchev–Trinajstić information content (AvgIpc) is 2.21. The molecular formula is C11H17F5O4Si. The maximum Gasteiger partial charge on any atom is 0.465 e. The van der Waals surface area contributed by atoms with E-state index in [1.54, 1.807) is 33.9 Å². The van der Waals surface area contributed by atoms with E-state index in [4.69, 9.17) is 4.43 Å². The number of rotatable bonds is 4. The number of ether oxygens (including phenoxy) is 1. The number of esters is 1. The molecule has 0 fully saturated rings. The molecule has 0 aliphatic heterocycles. The summed E-state index contributed by atoms with van der Waals surface area (Å²) in [7, 11) is -2.57. The van der Waals surface area contributed by atoms with Crippen molar-refractivity contribution >= 4 is 20.3 Å². The van der Waals surface area contributed by atoms with Gasteiger partial charge in [0.15, 0.2) is 6.61 Å². The third kappa shape index (κ3) is 4.94. The number of carbonyl (C=O) groups excluding carboxylic acids is 2. The Hall–Kier alpha value is -1.19. The molecule has 0 atom stereocenters. The Kier molecular flexibility index (Phi) is 5.56. The van der Waals surface area contributed by atoms with Crippen LogP contribution in [0, 0.1) is 0 Å². The molecule has 0 rings (SSSR count). The standard InChI is InChI=1S/C11H17F5O4Si/c1-9(2,3)21(4,5)20-7(17)6-19-8(18)10(12,13)11(14,15)16/h6H2,1-5H3. The Morgan fingerprint density at radius 1 is 1.00 bits per heavy atom. The molecule has 0 aromatic heterocycles. The molecule has 4 nitrogen and oxygen atoms in total. The topological polar surface area (TPSA) is 52.6 Å². The van der Waals surface area contributed by atoms with Crippen molar-refractivity contribution in [2.24, 2.45) is 0 Å². The molecule has 0 aromatic rings. The van der Waals surface area contributed by atoms with Gasteiger partial charge >= 0.3 is 24.0 Å². The lowest BCUT2D eigenvalue weighted by Crippen LogP contribution is -2.47. The van der Waals surface area contributed by atoms with Crippen molar-refractivity contribution in [1.29, 1.82) is 0 Å². The van der Waals surface area contributed by atoms with Crippen molar-refractivity contribution < 1.29 is 40.7 Å². The van der Waals surface area contributed by atoms with Gasteiger partial charge < -0.3 is 9.16 Å². The van der Waals surface area contributed by atoms with Gasteiger partial charge in [0.1, 0.15) is 0 Å². The first kappa shape index (κ1) is 19.8. The van der Waals surface area contributed by atoms with Crippen LogP contribution in [0.5, 0.6) is 0 Å². The Labute approximate surface area is 119 Å². The zero-order valence-electron chi connectivity index (χ0n) is 12.2. The molecule has 124 valence electrons. The normalized spacial score (nSPS) is 13.8. The summed E-state index contributed by atoms with van der Waals surface area (Å²) in [5.41, 5.74) is 0. The van der Waals surface area contributed by atoms with E-state index in [0.29, 0.717) is 0 Å². The van der Waals surface area contributed by atoms with E-state index in [1.165, 1.54) is 0 Å². The zero-order chi connectivity index (χ0) is 17.3. The van der Waals surface area contributed by atoms with Crippen molar-refractivity contribution in [1.82, 2.24) is 0 Å². The fourth-order valence-electron chi connectivity index (χ4n) is 0.798. The van der Waals surface area contributed by atoms with Gasteiger partial charge in [-0.05, 0) is 18.1 Å². The molecule has 0 aromatic carbocycles. The average molecular weight is 336 g/mol. The molecule has 0 aliphatic rings. The summed E-state index contributed by atoms with van der Waals surface area (Å²) >= 11 is 0. The molecule has 10 heteroatoms. The van der Waals surface area contributed by atoms with Crippen LogP contribution in [0.2, 0.25) is 18.1 Å². The van der Waals surface area contributed by atoms with Crippen molar-refractivity contribution in [3.05, 3.63) is 0 Å². The molecule has 0 bridgehead atoms. The quantitative estimate of drug-likeness (QED) is 0.449. The Morgan fingerprint density at radius 2 is 1.43 bits per heavy atom. The highest BCUT2D eigenvalue weighted by Gasteiger charge is 2.65.